The first-order chi connectivity index (χ1) is 11.7. The summed E-state index contributed by atoms with van der Waals surface area (Å²) in [4.78, 5) is 32.9. The monoisotopic (exact) mass is 374 g/mol. The quantitative estimate of drug-likeness (QED) is 0.420. The summed E-state index contributed by atoms with van der Waals surface area (Å²) >= 11 is 0. The van der Waals surface area contributed by atoms with Crippen LogP contribution in [0.4, 0.5) is 4.79 Å². The number of carboxylic acid groups (broad SMARTS) is 2. The van der Waals surface area contributed by atoms with Crippen molar-refractivity contribution < 1.29 is 37.8 Å². The summed E-state index contributed by atoms with van der Waals surface area (Å²) in [5, 5.41) is 17.6. The van der Waals surface area contributed by atoms with E-state index < -0.39 is 34.3 Å². The maximum atomic E-state index is 11.8. The fraction of sp³-hybridized carbons (Fsp3) is 0.357. The lowest BCUT2D eigenvalue weighted by molar-refractivity contribution is -0.139. The highest BCUT2D eigenvalue weighted by atomic mass is 32.2. The fourth-order valence-corrected chi connectivity index (χ4v) is 2.67. The van der Waals surface area contributed by atoms with Crippen LogP contribution in [0.2, 0.25) is 0 Å². The Hall–Kier alpha value is -2.66. The molecule has 1 aromatic rings. The summed E-state index contributed by atoms with van der Waals surface area (Å²) in [6, 6.07) is 6.86. The SMILES string of the molecule is O=C(O)CCCOC(=O)NS(=O)(=O)NC(Cc1ccccc1)C(=O)O. The summed E-state index contributed by atoms with van der Waals surface area (Å²) in [7, 11) is -4.47. The molecular weight excluding hydrogens is 356 g/mol. The Morgan fingerprint density at radius 1 is 1.12 bits per heavy atom. The average molecular weight is 374 g/mol. The van der Waals surface area contributed by atoms with E-state index in [0.717, 1.165) is 0 Å². The van der Waals surface area contributed by atoms with Gasteiger partial charge in [-0.1, -0.05) is 30.3 Å². The van der Waals surface area contributed by atoms with Gasteiger partial charge in [0, 0.05) is 6.42 Å². The smallest absolute Gasteiger partial charge is 0.421 e. The topological polar surface area (TPSA) is 159 Å². The van der Waals surface area contributed by atoms with Crippen molar-refractivity contribution in [2.75, 3.05) is 6.61 Å². The molecule has 0 heterocycles. The van der Waals surface area contributed by atoms with E-state index in [2.05, 4.69) is 4.74 Å². The number of ether oxygens (including phenoxy) is 1. The van der Waals surface area contributed by atoms with Crippen molar-refractivity contribution in [1.82, 2.24) is 9.44 Å². The molecule has 10 nitrogen and oxygen atoms in total. The second-order valence-electron chi connectivity index (χ2n) is 4.94. The van der Waals surface area contributed by atoms with Crippen molar-refractivity contribution in [3.05, 3.63) is 35.9 Å². The van der Waals surface area contributed by atoms with Crippen LogP contribution in [-0.2, 0) is 31.0 Å². The van der Waals surface area contributed by atoms with Crippen LogP contribution in [0.15, 0.2) is 30.3 Å². The third-order valence-corrected chi connectivity index (χ3v) is 3.89. The maximum Gasteiger partial charge on any atom is 0.421 e. The molecule has 1 rings (SSSR count). The van der Waals surface area contributed by atoms with Crippen LogP contribution in [-0.4, -0.2) is 49.3 Å². The number of benzene rings is 1. The first kappa shape index (κ1) is 20.4. The van der Waals surface area contributed by atoms with Gasteiger partial charge >= 0.3 is 28.2 Å². The van der Waals surface area contributed by atoms with Crippen molar-refractivity contribution in [2.45, 2.75) is 25.3 Å². The molecule has 0 aliphatic heterocycles. The zero-order chi connectivity index (χ0) is 18.9. The van der Waals surface area contributed by atoms with Gasteiger partial charge in [-0.3, -0.25) is 9.59 Å². The Kier molecular flexibility index (Phi) is 7.82. The van der Waals surface area contributed by atoms with Crippen LogP contribution in [0.3, 0.4) is 0 Å². The van der Waals surface area contributed by atoms with Crippen molar-refractivity contribution >= 4 is 28.2 Å². The molecule has 11 heteroatoms. The van der Waals surface area contributed by atoms with Crippen LogP contribution in [0.25, 0.3) is 0 Å². The molecular formula is C14H18N2O8S. The minimum absolute atomic E-state index is 0.0159. The number of carboxylic acids is 2. The number of hydrogen-bond donors (Lipinski definition) is 4. The lowest BCUT2D eigenvalue weighted by atomic mass is 10.1. The molecule has 0 aromatic heterocycles. The van der Waals surface area contributed by atoms with Crippen LogP contribution in [0.1, 0.15) is 18.4 Å². The second-order valence-corrected chi connectivity index (χ2v) is 6.38. The Bertz CT molecular complexity index is 705. The standard InChI is InChI=1S/C14H18N2O8S/c17-12(18)7-4-8-24-14(21)16-25(22,23)15-11(13(19)20)9-10-5-2-1-3-6-10/h1-3,5-6,11,15H,4,7-9H2,(H,16,21)(H,17,18)(H,19,20). The molecule has 0 radical (unpaired) electrons. The van der Waals surface area contributed by atoms with Crippen LogP contribution in [0.5, 0.6) is 0 Å². The van der Waals surface area contributed by atoms with Crippen LogP contribution >= 0.6 is 0 Å². The zero-order valence-corrected chi connectivity index (χ0v) is 13.9. The van der Waals surface area contributed by atoms with Gasteiger partial charge in [-0.25, -0.2) is 9.52 Å². The van der Waals surface area contributed by atoms with Gasteiger partial charge in [-0.15, -0.1) is 0 Å². The van der Waals surface area contributed by atoms with Gasteiger partial charge in [0.1, 0.15) is 6.04 Å². The molecule has 25 heavy (non-hydrogen) atoms. The summed E-state index contributed by atoms with van der Waals surface area (Å²) in [5.41, 5.74) is 0.592. The van der Waals surface area contributed by atoms with Gasteiger partial charge < -0.3 is 14.9 Å². The third-order valence-electron chi connectivity index (χ3n) is 2.86. The van der Waals surface area contributed by atoms with Crippen molar-refractivity contribution in [3.8, 4) is 0 Å². The van der Waals surface area contributed by atoms with E-state index >= 15 is 0 Å². The molecule has 0 saturated heterocycles. The fourth-order valence-electron chi connectivity index (χ4n) is 1.77. The maximum absolute atomic E-state index is 11.8. The van der Waals surface area contributed by atoms with Gasteiger partial charge in [0.25, 0.3) is 0 Å². The lowest BCUT2D eigenvalue weighted by Crippen LogP contribution is -2.49. The predicted octanol–water partition coefficient (Wildman–Crippen LogP) is 0.108. The van der Waals surface area contributed by atoms with E-state index in [-0.39, 0.29) is 25.9 Å². The summed E-state index contributed by atoms with van der Waals surface area (Å²) in [6.45, 7) is -0.292. The molecule has 1 unspecified atom stereocenters. The predicted molar refractivity (Wildman–Crippen MR) is 85.0 cm³/mol. The number of carbonyl (C=O) groups excluding carboxylic acids is 1. The van der Waals surface area contributed by atoms with Gasteiger partial charge in [0.15, 0.2) is 0 Å². The Morgan fingerprint density at radius 3 is 2.32 bits per heavy atom. The van der Waals surface area contributed by atoms with Crippen molar-refractivity contribution in [3.63, 3.8) is 0 Å². The van der Waals surface area contributed by atoms with Gasteiger partial charge in [0.05, 0.1) is 6.61 Å². The first-order valence-electron chi connectivity index (χ1n) is 7.15. The van der Waals surface area contributed by atoms with E-state index in [1.807, 2.05) is 4.72 Å². The van der Waals surface area contributed by atoms with E-state index in [9.17, 15) is 22.8 Å². The highest BCUT2D eigenvalue weighted by Crippen LogP contribution is 2.04. The number of nitrogens with one attached hydrogen (secondary N) is 2. The lowest BCUT2D eigenvalue weighted by Gasteiger charge is -2.15. The number of carbonyl (C=O) groups is 3. The van der Waals surface area contributed by atoms with E-state index in [0.29, 0.717) is 5.56 Å². The van der Waals surface area contributed by atoms with E-state index in [1.54, 1.807) is 30.3 Å². The Labute approximate surface area is 144 Å². The molecule has 1 atom stereocenters. The number of amides is 1. The summed E-state index contributed by atoms with van der Waals surface area (Å²) in [5.74, 6) is -2.49. The normalized spacial score (nSPS) is 12.2. The van der Waals surface area contributed by atoms with Crippen molar-refractivity contribution in [1.29, 1.82) is 0 Å². The van der Waals surface area contributed by atoms with Gasteiger partial charge in [-0.05, 0) is 18.4 Å². The van der Waals surface area contributed by atoms with Crippen LogP contribution in [0, 0.1) is 0 Å². The largest absolute Gasteiger partial charge is 0.481 e. The second kappa shape index (κ2) is 9.59. The first-order valence-corrected chi connectivity index (χ1v) is 8.63. The summed E-state index contributed by atoms with van der Waals surface area (Å²) < 4.78 is 31.5. The number of hydrogen-bond acceptors (Lipinski definition) is 6. The molecule has 0 aliphatic rings. The molecule has 4 N–H and O–H groups in total. The molecule has 0 aliphatic carbocycles. The van der Waals surface area contributed by atoms with E-state index in [1.165, 1.54) is 4.72 Å². The minimum Gasteiger partial charge on any atom is -0.481 e. The number of rotatable bonds is 10. The highest BCUT2D eigenvalue weighted by Gasteiger charge is 2.26. The molecule has 138 valence electrons. The molecule has 0 saturated carbocycles. The van der Waals surface area contributed by atoms with Crippen LogP contribution < -0.4 is 9.44 Å². The summed E-state index contributed by atoms with van der Waals surface area (Å²) in [6.07, 6.45) is -1.68. The average Bonchev–Trinajstić information content (AvgIpc) is 2.51. The molecule has 0 fully saturated rings. The Balaban J connectivity index is 2.56. The third kappa shape index (κ3) is 8.67. The minimum atomic E-state index is -4.47. The van der Waals surface area contributed by atoms with Gasteiger partial charge in [0.2, 0.25) is 0 Å². The molecule has 1 aromatic carbocycles. The highest BCUT2D eigenvalue weighted by molar-refractivity contribution is 7.88. The number of aliphatic carboxylic acids is 2. The Morgan fingerprint density at radius 2 is 1.76 bits per heavy atom. The molecule has 0 bridgehead atoms. The molecule has 0 spiro atoms. The molecule has 1 amide bonds. The zero-order valence-electron chi connectivity index (χ0n) is 13.0. The van der Waals surface area contributed by atoms with Gasteiger partial charge in [-0.2, -0.15) is 13.1 Å². The van der Waals surface area contributed by atoms with E-state index in [4.69, 9.17) is 10.2 Å². The van der Waals surface area contributed by atoms with Crippen molar-refractivity contribution in [2.24, 2.45) is 0 Å².